The maximum Gasteiger partial charge on any atom is 0.239 e. The van der Waals surface area contributed by atoms with E-state index in [9.17, 15) is 9.90 Å². The van der Waals surface area contributed by atoms with E-state index >= 15 is 0 Å². The lowest BCUT2D eigenvalue weighted by Gasteiger charge is -2.06. The van der Waals surface area contributed by atoms with E-state index in [4.69, 9.17) is 0 Å². The zero-order chi connectivity index (χ0) is 19.1. The molecule has 1 unspecified atom stereocenters. The highest BCUT2D eigenvalue weighted by Crippen LogP contribution is 2.24. The average Bonchev–Trinajstić information content (AvgIpc) is 3.02. The van der Waals surface area contributed by atoms with E-state index in [1.54, 1.807) is 18.2 Å². The first-order valence-corrected chi connectivity index (χ1v) is 9.98. The molecule has 1 atom stereocenters. The van der Waals surface area contributed by atoms with Crippen molar-refractivity contribution in [1.82, 2.24) is 5.32 Å². The molecule has 27 heavy (non-hydrogen) atoms. The Morgan fingerprint density at radius 1 is 1.15 bits per heavy atom. The van der Waals surface area contributed by atoms with Gasteiger partial charge in [-0.3, -0.25) is 4.79 Å². The molecule has 5 nitrogen and oxygen atoms in total. The molecule has 1 aliphatic heterocycles. The van der Waals surface area contributed by atoms with Crippen molar-refractivity contribution in [2.24, 2.45) is 10.2 Å². The Morgan fingerprint density at radius 3 is 2.63 bits per heavy atom. The molecule has 0 aliphatic carbocycles. The molecule has 140 valence electrons. The van der Waals surface area contributed by atoms with E-state index in [-0.39, 0.29) is 16.9 Å². The van der Waals surface area contributed by atoms with Gasteiger partial charge in [0.05, 0.1) is 11.5 Å². The first kappa shape index (κ1) is 19.2. The van der Waals surface area contributed by atoms with Crippen molar-refractivity contribution in [1.29, 1.82) is 0 Å². The number of carbonyl (C=O) groups is 1. The zero-order valence-corrected chi connectivity index (χ0v) is 16.1. The molecule has 1 amide bonds. The molecule has 0 saturated carbocycles. The predicted molar refractivity (Wildman–Crippen MR) is 111 cm³/mol. The normalized spacial score (nSPS) is 18.3. The average molecular weight is 382 g/mol. The van der Waals surface area contributed by atoms with Crippen LogP contribution in [0.1, 0.15) is 36.5 Å². The van der Waals surface area contributed by atoms with Crippen LogP contribution >= 0.6 is 11.8 Å². The third kappa shape index (κ3) is 5.44. The fourth-order valence-electron chi connectivity index (χ4n) is 2.76. The summed E-state index contributed by atoms with van der Waals surface area (Å²) in [4.78, 5) is 12.2. The molecule has 0 radical (unpaired) electrons. The van der Waals surface area contributed by atoms with Gasteiger partial charge in [0.25, 0.3) is 0 Å². The third-order valence-corrected chi connectivity index (χ3v) is 5.39. The van der Waals surface area contributed by atoms with Crippen molar-refractivity contribution >= 4 is 29.1 Å². The Kier molecular flexibility index (Phi) is 6.65. The van der Waals surface area contributed by atoms with Gasteiger partial charge in [0.15, 0.2) is 5.17 Å². The van der Waals surface area contributed by atoms with Crippen LogP contribution in [0, 0.1) is 0 Å². The summed E-state index contributed by atoms with van der Waals surface area (Å²) in [6.07, 6.45) is 5.61. The van der Waals surface area contributed by atoms with E-state index in [2.05, 4.69) is 46.7 Å². The molecule has 1 aliphatic rings. The van der Waals surface area contributed by atoms with Crippen molar-refractivity contribution in [3.63, 3.8) is 0 Å². The molecule has 1 saturated heterocycles. The number of amidine groups is 1. The van der Waals surface area contributed by atoms with Crippen LogP contribution in [0.3, 0.4) is 0 Å². The Bertz CT molecular complexity index is 847. The molecule has 6 heteroatoms. The number of rotatable bonds is 7. The number of thioether (sulfide) groups is 1. The molecule has 0 bridgehead atoms. The minimum Gasteiger partial charge on any atom is -0.507 e. The number of carbonyl (C=O) groups excluding carboxylic acids is 1. The molecule has 0 spiro atoms. The van der Waals surface area contributed by atoms with Crippen molar-refractivity contribution in [3.05, 3.63) is 65.2 Å². The van der Waals surface area contributed by atoms with Gasteiger partial charge in [-0.15, -0.1) is 5.10 Å². The number of phenols is 1. The second kappa shape index (κ2) is 9.37. The number of hydrogen-bond donors (Lipinski definition) is 2. The van der Waals surface area contributed by atoms with E-state index in [1.165, 1.54) is 36.4 Å². The summed E-state index contributed by atoms with van der Waals surface area (Å²) in [6.45, 7) is 2.19. The van der Waals surface area contributed by atoms with Gasteiger partial charge < -0.3 is 10.4 Å². The van der Waals surface area contributed by atoms with Gasteiger partial charge in [0, 0.05) is 5.56 Å². The lowest BCUT2D eigenvalue weighted by molar-refractivity contribution is -0.118. The van der Waals surface area contributed by atoms with Crippen LogP contribution in [0.15, 0.2) is 58.7 Å². The number of para-hydroxylation sites is 1. The molecule has 1 fully saturated rings. The lowest BCUT2D eigenvalue weighted by Crippen LogP contribution is -2.25. The summed E-state index contributed by atoms with van der Waals surface area (Å²) >= 11 is 1.38. The molecule has 0 aromatic heterocycles. The fraction of sp³-hybridized carbons (Fsp3) is 0.286. The van der Waals surface area contributed by atoms with Crippen LogP contribution in [0.5, 0.6) is 5.75 Å². The topological polar surface area (TPSA) is 74.1 Å². The van der Waals surface area contributed by atoms with Crippen molar-refractivity contribution in [2.75, 3.05) is 0 Å². The Labute approximate surface area is 163 Å². The van der Waals surface area contributed by atoms with Gasteiger partial charge in [-0.2, -0.15) is 5.10 Å². The van der Waals surface area contributed by atoms with Crippen molar-refractivity contribution in [3.8, 4) is 5.75 Å². The van der Waals surface area contributed by atoms with Crippen molar-refractivity contribution < 1.29 is 9.90 Å². The summed E-state index contributed by atoms with van der Waals surface area (Å²) in [5.74, 6) is 0.0939. The van der Waals surface area contributed by atoms with E-state index < -0.39 is 0 Å². The molecular formula is C21H23N3O2S. The second-order valence-electron chi connectivity index (χ2n) is 6.43. The molecule has 3 rings (SSSR count). The number of aromatic hydroxyl groups is 1. The number of amides is 1. The largest absolute Gasteiger partial charge is 0.507 e. The predicted octanol–water partition coefficient (Wildman–Crippen LogP) is 3.90. The number of nitrogens with zero attached hydrogens (tertiary/aromatic N) is 2. The molecule has 1 heterocycles. The van der Waals surface area contributed by atoms with Gasteiger partial charge in [0.1, 0.15) is 5.75 Å². The molecule has 2 aromatic rings. The first-order chi connectivity index (χ1) is 13.2. The Hall–Kier alpha value is -2.60. The second-order valence-corrected chi connectivity index (χ2v) is 7.62. The fourth-order valence-corrected chi connectivity index (χ4v) is 3.73. The first-order valence-electron chi connectivity index (χ1n) is 9.10. The monoisotopic (exact) mass is 381 g/mol. The van der Waals surface area contributed by atoms with E-state index in [0.29, 0.717) is 17.2 Å². The van der Waals surface area contributed by atoms with Crippen LogP contribution in [-0.4, -0.2) is 27.6 Å². The Morgan fingerprint density at radius 2 is 1.89 bits per heavy atom. The maximum absolute atomic E-state index is 12.2. The van der Waals surface area contributed by atoms with Crippen LogP contribution < -0.4 is 5.32 Å². The van der Waals surface area contributed by atoms with Gasteiger partial charge in [0.2, 0.25) is 5.91 Å². The standard InChI is InChI=1S/C21H23N3O2S/c1-2-3-6-15-9-11-16(12-10-15)13-19-20(26)23-21(27-19)24-22-14-17-7-4-5-8-18(17)25/h4-5,7-12,14,19,25H,2-3,6,13H2,1H3,(H,23,24,26)/b22-14+. The molecule has 2 aromatic carbocycles. The quantitative estimate of drug-likeness (QED) is 0.564. The summed E-state index contributed by atoms with van der Waals surface area (Å²) in [7, 11) is 0. The highest BCUT2D eigenvalue weighted by Gasteiger charge is 2.30. The minimum atomic E-state index is -0.203. The number of aryl methyl sites for hydroxylation is 1. The minimum absolute atomic E-state index is 0.0495. The maximum atomic E-state index is 12.2. The van der Waals surface area contributed by atoms with Gasteiger partial charge in [-0.25, -0.2) is 0 Å². The lowest BCUT2D eigenvalue weighted by atomic mass is 10.0. The zero-order valence-electron chi connectivity index (χ0n) is 15.3. The van der Waals surface area contributed by atoms with Crippen LogP contribution in [0.2, 0.25) is 0 Å². The highest BCUT2D eigenvalue weighted by molar-refractivity contribution is 8.15. The van der Waals surface area contributed by atoms with Gasteiger partial charge in [-0.1, -0.05) is 61.5 Å². The van der Waals surface area contributed by atoms with Gasteiger partial charge in [-0.05, 0) is 42.5 Å². The number of benzene rings is 2. The highest BCUT2D eigenvalue weighted by atomic mass is 32.2. The van der Waals surface area contributed by atoms with Crippen LogP contribution in [-0.2, 0) is 17.6 Å². The summed E-state index contributed by atoms with van der Waals surface area (Å²) in [5.41, 5.74) is 3.06. The summed E-state index contributed by atoms with van der Waals surface area (Å²) in [6, 6.07) is 15.4. The molecular weight excluding hydrogens is 358 g/mol. The summed E-state index contributed by atoms with van der Waals surface area (Å²) in [5, 5.41) is 20.8. The van der Waals surface area contributed by atoms with Crippen LogP contribution in [0.4, 0.5) is 0 Å². The number of hydrogen-bond acceptors (Lipinski definition) is 5. The number of phenolic OH excluding ortho intramolecular Hbond substituents is 1. The van der Waals surface area contributed by atoms with Gasteiger partial charge >= 0.3 is 0 Å². The van der Waals surface area contributed by atoms with Crippen LogP contribution in [0.25, 0.3) is 0 Å². The van der Waals surface area contributed by atoms with Crippen molar-refractivity contribution in [2.45, 2.75) is 37.9 Å². The number of unbranched alkanes of at least 4 members (excludes halogenated alkanes) is 1. The third-order valence-electron chi connectivity index (χ3n) is 4.32. The number of nitrogens with one attached hydrogen (secondary N) is 1. The SMILES string of the molecule is CCCCc1ccc(CC2S/C(=N/N=C/c3ccccc3O)NC2=O)cc1. The van der Waals surface area contributed by atoms with E-state index in [0.717, 1.165) is 12.0 Å². The molecule has 2 N–H and O–H groups in total. The smallest absolute Gasteiger partial charge is 0.239 e. The van der Waals surface area contributed by atoms with E-state index in [1.807, 2.05) is 6.07 Å². The summed E-state index contributed by atoms with van der Waals surface area (Å²) < 4.78 is 0. The Balaban J connectivity index is 1.58.